The fourth-order valence-electron chi connectivity index (χ4n) is 17.4. The molecule has 3 saturated carbocycles. The number of amides is 3. The number of carbonyl (C=O) groups is 4. The van der Waals surface area contributed by atoms with Crippen LogP contribution in [-0.2, 0) is 70.4 Å². The Hall–Kier alpha value is -10.4. The zero-order valence-electron chi connectivity index (χ0n) is 69.4. The number of sulfone groups is 3. The summed E-state index contributed by atoms with van der Waals surface area (Å²) in [6, 6.07) is 35.6. The number of fused-ring (bicyclic) bond motifs is 3. The van der Waals surface area contributed by atoms with Gasteiger partial charge >= 0.3 is 19.8 Å². The maximum atomic E-state index is 15.8. The molecule has 9 aromatic rings. The molecule has 40 heteroatoms. The summed E-state index contributed by atoms with van der Waals surface area (Å²) in [4.78, 5) is 47.5. The van der Waals surface area contributed by atoms with Gasteiger partial charge in [0.2, 0.25) is 17.7 Å². The number of alkyl halides is 6. The van der Waals surface area contributed by atoms with E-state index in [0.717, 1.165) is 54.6 Å². The molecule has 3 amide bonds. The van der Waals surface area contributed by atoms with E-state index in [1.807, 2.05) is 36.4 Å². The van der Waals surface area contributed by atoms with Crippen LogP contribution in [0.5, 0.6) is 34.5 Å². The molecule has 3 aliphatic carbocycles. The minimum absolute atomic E-state index is 0. The van der Waals surface area contributed by atoms with Crippen LogP contribution in [0.1, 0.15) is 149 Å². The van der Waals surface area contributed by atoms with Crippen molar-refractivity contribution in [3.63, 3.8) is 0 Å². The molecule has 9 aromatic carbocycles. The first kappa shape index (κ1) is 101. The number of ketones is 1. The van der Waals surface area contributed by atoms with E-state index in [9.17, 15) is 75.2 Å². The highest BCUT2D eigenvalue weighted by Gasteiger charge is 2.49. The van der Waals surface area contributed by atoms with Crippen LogP contribution in [-0.4, -0.2) is 135 Å². The normalized spacial score (nSPS) is 20.5. The molecule has 3 atom stereocenters. The maximum absolute atomic E-state index is 15.8. The van der Waals surface area contributed by atoms with E-state index in [0.29, 0.717) is 93.7 Å². The van der Waals surface area contributed by atoms with Crippen molar-refractivity contribution in [3.05, 3.63) is 246 Å². The Bertz CT molecular complexity index is 5910. The number of nitrogens with one attached hydrogen (secondary N) is 2. The number of hydrogen-bond donors (Lipinski definition) is 6. The van der Waals surface area contributed by atoms with E-state index < -0.39 is 195 Å². The molecular formula is C91H91Cl3F12N6O16S3. The Balaban J connectivity index is 0.000000179. The highest BCUT2D eigenvalue weighted by atomic mass is 35.5. The van der Waals surface area contributed by atoms with Crippen molar-refractivity contribution < 1.29 is 126 Å². The summed E-state index contributed by atoms with van der Waals surface area (Å²) in [5.74, 6) is -12.6. The molecule has 131 heavy (non-hydrogen) atoms. The zero-order valence-corrected chi connectivity index (χ0v) is 74.2. The topological polar surface area (TPSA) is 354 Å². The number of hydrogen-bond acceptors (Lipinski definition) is 19. The summed E-state index contributed by atoms with van der Waals surface area (Å²) in [5.41, 5.74) is 18.1. The molecule has 0 aromatic heterocycles. The van der Waals surface area contributed by atoms with Crippen LogP contribution in [0.25, 0.3) is 33.4 Å². The fourth-order valence-corrected chi connectivity index (χ4v) is 21.5. The van der Waals surface area contributed by atoms with E-state index in [1.165, 1.54) is 18.8 Å². The fraction of sp³-hybridized carbons (Fsp3) is 0.363. The molecule has 0 radical (unpaired) electrons. The number of benzene rings is 9. The summed E-state index contributed by atoms with van der Waals surface area (Å²) in [5, 5.41) is 4.26. The van der Waals surface area contributed by atoms with Crippen LogP contribution in [0.4, 0.5) is 52.7 Å². The lowest BCUT2D eigenvalue weighted by Gasteiger charge is -2.34. The smallest absolute Gasteiger partial charge is 0.387 e. The quantitative estimate of drug-likeness (QED) is 0.0289. The minimum atomic E-state index is -3.37. The molecule has 22 nitrogen and oxygen atoms in total. The van der Waals surface area contributed by atoms with Crippen LogP contribution < -0.4 is 62.0 Å². The summed E-state index contributed by atoms with van der Waals surface area (Å²) in [6.07, 6.45) is 10.3. The highest BCUT2D eigenvalue weighted by molar-refractivity contribution is 7.91. The van der Waals surface area contributed by atoms with Crippen molar-refractivity contribution in [2.75, 3.05) is 38.4 Å². The number of primary amides is 3. The molecule has 3 aliphatic heterocycles. The Morgan fingerprint density at radius 1 is 0.412 bits per heavy atom. The van der Waals surface area contributed by atoms with E-state index >= 15 is 22.0 Å². The molecule has 6 aliphatic rings. The molecular weight excluding hydrogens is 1860 g/mol. The Kier molecular flexibility index (Phi) is 32.0. The van der Waals surface area contributed by atoms with Crippen molar-refractivity contribution in [1.82, 2.24) is 10.6 Å². The van der Waals surface area contributed by atoms with Gasteiger partial charge in [-0.05, 0) is 117 Å². The van der Waals surface area contributed by atoms with E-state index in [1.54, 1.807) is 54.6 Å². The number of rotatable bonds is 25. The predicted octanol–water partition coefficient (Wildman–Crippen LogP) is 17.5. The average molecular weight is 1960 g/mol. The lowest BCUT2D eigenvalue weighted by molar-refractivity contribution is -0.120. The van der Waals surface area contributed by atoms with Gasteiger partial charge in [-0.25, -0.2) is 51.6 Å². The number of halogens is 15. The Morgan fingerprint density at radius 3 is 0.931 bits per heavy atom. The van der Waals surface area contributed by atoms with Crippen LogP contribution in [0.3, 0.4) is 0 Å². The van der Waals surface area contributed by atoms with Gasteiger partial charge in [-0.1, -0.05) is 133 Å². The zero-order chi connectivity index (χ0) is 94.6. The van der Waals surface area contributed by atoms with Gasteiger partial charge in [0.15, 0.2) is 51.5 Å². The standard InChI is InChI=1S/2C30H29ClF4N2O5S.C23H17ClF4N2O3.C7H12O3S.CH4/c2*1-43(39,40)18-9-7-17(8-10-18)37-15-30(16-5-3-2-4-6-16)14-20-23(42-30)13-21(32)26(31)24(20)25-19(28(36)38)11-12-22(27(25)33)41-29(34)35;24-19-14(25)8-16-13(9-23(10-29,33-16)11-4-2-1-3-5-11)17(19)18-12(21(30)31)6-7-15(20(18)26)32-22(27)28;1-11(9,10)7-4-2-6(8)3-5-7;/h2*2-6,11-13,17-18,29,37H,7-10,14-15H2,1H3,(H2,36,38);1-8,22H,9-10,29H2,(H2,30,31);7H,2-5H2,1H3;1H4/t2*17?,18?,30-;23-;;/m111../s1. The molecule has 3 fully saturated rings. The van der Waals surface area contributed by atoms with Gasteiger partial charge in [0.25, 0.3) is 0 Å². The summed E-state index contributed by atoms with van der Waals surface area (Å²) in [7, 11) is -9.20. The van der Waals surface area contributed by atoms with Gasteiger partial charge < -0.3 is 62.0 Å². The third-order valence-electron chi connectivity index (χ3n) is 23.9. The summed E-state index contributed by atoms with van der Waals surface area (Å²) in [6.45, 7) is -9.70. The maximum Gasteiger partial charge on any atom is 0.387 e. The van der Waals surface area contributed by atoms with E-state index in [2.05, 4.69) is 24.8 Å². The van der Waals surface area contributed by atoms with Crippen LogP contribution in [0, 0.1) is 34.9 Å². The second kappa shape index (κ2) is 41.4. The first-order valence-electron chi connectivity index (χ1n) is 40.5. The Morgan fingerprint density at radius 2 is 0.672 bits per heavy atom. The first-order chi connectivity index (χ1) is 61.3. The number of ether oxygens (including phenoxy) is 6. The van der Waals surface area contributed by atoms with Crippen molar-refractivity contribution in [2.24, 2.45) is 22.9 Å². The summed E-state index contributed by atoms with van der Waals surface area (Å²) >= 11 is 19.0. The third-order valence-corrected chi connectivity index (χ3v) is 30.1. The molecule has 0 spiro atoms. The van der Waals surface area contributed by atoms with Gasteiger partial charge in [-0.3, -0.25) is 19.2 Å². The molecule has 0 bridgehead atoms. The molecule has 0 saturated heterocycles. The Labute approximate surface area is 762 Å². The lowest BCUT2D eigenvalue weighted by Crippen LogP contribution is -2.47. The third kappa shape index (κ3) is 22.4. The summed E-state index contributed by atoms with van der Waals surface area (Å²) < 4.78 is 272. The second-order valence-corrected chi connectivity index (χ2v) is 40.4. The molecule has 10 N–H and O–H groups in total. The van der Waals surface area contributed by atoms with Crippen molar-refractivity contribution >= 4 is 87.8 Å². The van der Waals surface area contributed by atoms with E-state index in [-0.39, 0.29) is 120 Å². The average Bonchev–Trinajstić information content (AvgIpc) is 1.60. The molecule has 0 unspecified atom stereocenters. The predicted molar refractivity (Wildman–Crippen MR) is 469 cm³/mol. The SMILES string of the molecule is C.CS(=O)(=O)C1CCC(=O)CC1.CS(=O)(=O)C1CCC(NC[C@@]2(c3ccccc3)Cc3c(cc(F)c(Cl)c3-c3c(C(N)=O)ccc(OC(F)F)c3F)O2)CC1.CS(=O)(=O)C1CCC(NC[C@@]2(c3ccccc3)Cc3c(cc(F)c(Cl)c3-c3c(C(N)=O)ccc(OC(F)F)c3F)O2)CC1.NC[C@@]1(c2ccccc2)Cc2c(cc(F)c(Cl)c2-c2c(C(N)=O)ccc(OC(F)F)c2F)O1. The van der Waals surface area contributed by atoms with Crippen molar-refractivity contribution in [1.29, 1.82) is 0 Å². The highest BCUT2D eigenvalue weighted by Crippen LogP contribution is 2.55. The van der Waals surface area contributed by atoms with Gasteiger partial charge in [0.1, 0.15) is 70.0 Å². The van der Waals surface area contributed by atoms with Crippen molar-refractivity contribution in [2.45, 2.75) is 168 Å². The van der Waals surface area contributed by atoms with Gasteiger partial charge in [-0.2, -0.15) is 26.3 Å². The molecule has 15 rings (SSSR count). The molecule has 3 heterocycles. The largest absolute Gasteiger partial charge is 0.480 e. The van der Waals surface area contributed by atoms with E-state index in [4.69, 9.17) is 71.9 Å². The number of nitrogens with two attached hydrogens (primary N) is 4. The van der Waals surface area contributed by atoms with Gasteiger partial charge in [0.05, 0.1) is 47.5 Å². The number of Topliss-reactive ketones (excluding diaryl/α,β-unsaturated/α-hetero) is 1. The van der Waals surface area contributed by atoms with Crippen LogP contribution >= 0.6 is 34.8 Å². The van der Waals surface area contributed by atoms with Gasteiger partial charge in [-0.15, -0.1) is 0 Å². The first-order valence-corrected chi connectivity index (χ1v) is 47.5. The molecule has 704 valence electrons. The number of carbonyl (C=O) groups excluding carboxylic acids is 4. The lowest BCUT2D eigenvalue weighted by atomic mass is 9.84. The van der Waals surface area contributed by atoms with Crippen LogP contribution in [0.2, 0.25) is 15.1 Å². The van der Waals surface area contributed by atoms with Crippen LogP contribution in [0.15, 0.2) is 146 Å². The second-order valence-electron chi connectivity index (χ2n) is 32.3. The minimum Gasteiger partial charge on any atom is -0.480 e. The van der Waals surface area contributed by atoms with Gasteiger partial charge in [0, 0.05) is 151 Å². The van der Waals surface area contributed by atoms with Crippen molar-refractivity contribution in [3.8, 4) is 67.9 Å². The monoisotopic (exact) mass is 1950 g/mol.